The van der Waals surface area contributed by atoms with Crippen LogP contribution < -0.4 is 10.6 Å². The van der Waals surface area contributed by atoms with E-state index in [1.54, 1.807) is 29.2 Å². The Kier molecular flexibility index (Phi) is 8.03. The molecule has 35 heavy (non-hydrogen) atoms. The molecular weight excluding hydrogens is 467 g/mol. The van der Waals surface area contributed by atoms with Crippen molar-refractivity contribution in [3.05, 3.63) is 58.7 Å². The number of benzene rings is 1. The smallest absolute Gasteiger partial charge is 0.377 e. The fourth-order valence-electron chi connectivity index (χ4n) is 3.64. The molecule has 1 saturated heterocycles. The number of allylic oxidation sites excluding steroid dienone is 2. The van der Waals surface area contributed by atoms with Gasteiger partial charge in [-0.3, -0.25) is 19.8 Å². The minimum Gasteiger partial charge on any atom is -0.377 e. The number of nitrogens with zero attached hydrogens (tertiary/aromatic N) is 2. The van der Waals surface area contributed by atoms with Gasteiger partial charge in [0.1, 0.15) is 5.84 Å². The van der Waals surface area contributed by atoms with Crippen LogP contribution in [0.5, 0.6) is 0 Å². The van der Waals surface area contributed by atoms with E-state index in [1.807, 2.05) is 6.07 Å². The molecule has 0 spiro atoms. The number of hydrogen-bond acceptors (Lipinski definition) is 6. The van der Waals surface area contributed by atoms with Crippen molar-refractivity contribution in [2.75, 3.05) is 26.3 Å². The zero-order chi connectivity index (χ0) is 25.6. The third-order valence-electron chi connectivity index (χ3n) is 5.52. The molecule has 3 amide bonds. The topological polar surface area (TPSA) is 135 Å². The summed E-state index contributed by atoms with van der Waals surface area (Å²) in [6.45, 7) is 0.894. The fraction of sp³-hybridized carbons (Fsp3) is 0.348. The lowest BCUT2D eigenvalue weighted by molar-refractivity contribution is -0.171. The molecule has 0 saturated carbocycles. The molecular formula is C23H22F3N5O4. The summed E-state index contributed by atoms with van der Waals surface area (Å²) < 4.78 is 42.5. The van der Waals surface area contributed by atoms with Crippen molar-refractivity contribution >= 4 is 23.6 Å². The lowest BCUT2D eigenvalue weighted by Crippen LogP contribution is -2.53. The average molecular weight is 489 g/mol. The molecule has 0 unspecified atom stereocenters. The van der Waals surface area contributed by atoms with Crippen LogP contribution in [0.2, 0.25) is 0 Å². The second kappa shape index (κ2) is 11.0. The van der Waals surface area contributed by atoms with E-state index in [-0.39, 0.29) is 48.6 Å². The Labute approximate surface area is 198 Å². The van der Waals surface area contributed by atoms with Gasteiger partial charge in [0.05, 0.1) is 36.5 Å². The van der Waals surface area contributed by atoms with E-state index in [0.717, 1.165) is 0 Å². The second-order valence-electron chi connectivity index (χ2n) is 7.81. The molecule has 1 atom stereocenters. The third kappa shape index (κ3) is 6.33. The molecule has 9 nitrogen and oxygen atoms in total. The summed E-state index contributed by atoms with van der Waals surface area (Å²) in [6.07, 6.45) is -2.15. The van der Waals surface area contributed by atoms with Crippen LogP contribution >= 0.6 is 0 Å². The summed E-state index contributed by atoms with van der Waals surface area (Å²) in [6, 6.07) is 7.98. The number of nitrogens with one attached hydrogen (secondary N) is 3. The normalized spacial score (nSPS) is 18.0. The lowest BCUT2D eigenvalue weighted by atomic mass is 9.97. The Morgan fingerprint density at radius 2 is 1.86 bits per heavy atom. The van der Waals surface area contributed by atoms with Crippen LogP contribution in [-0.2, 0) is 14.3 Å². The number of morpholine rings is 1. The maximum atomic E-state index is 13.0. The number of halogens is 3. The first kappa shape index (κ1) is 25.6. The minimum atomic E-state index is -5.10. The Morgan fingerprint density at radius 1 is 1.17 bits per heavy atom. The first-order valence-corrected chi connectivity index (χ1v) is 10.6. The summed E-state index contributed by atoms with van der Waals surface area (Å²) >= 11 is 0. The number of ether oxygens (including phenoxy) is 1. The van der Waals surface area contributed by atoms with Crippen LogP contribution in [0.25, 0.3) is 0 Å². The van der Waals surface area contributed by atoms with Gasteiger partial charge in [0.2, 0.25) is 5.91 Å². The highest BCUT2D eigenvalue weighted by Crippen LogP contribution is 2.21. The maximum absolute atomic E-state index is 13.0. The van der Waals surface area contributed by atoms with Crippen LogP contribution in [0.15, 0.2) is 47.6 Å². The molecule has 1 aromatic carbocycles. The molecule has 1 heterocycles. The summed E-state index contributed by atoms with van der Waals surface area (Å²) in [4.78, 5) is 38.2. The number of nitriles is 1. The molecule has 1 aliphatic carbocycles. The SMILES string of the molecule is N#Cc1ccccc1C(=O)N1CCOC[C@H]1CNC(=O)C1=CC=C(C(=N)NC(=O)C(F)(F)F)CC1. The number of amides is 3. The van der Waals surface area contributed by atoms with Gasteiger partial charge in [-0.25, -0.2) is 0 Å². The van der Waals surface area contributed by atoms with Crippen LogP contribution in [0, 0.1) is 16.7 Å². The zero-order valence-electron chi connectivity index (χ0n) is 18.4. The molecule has 184 valence electrons. The maximum Gasteiger partial charge on any atom is 0.471 e. The van der Waals surface area contributed by atoms with Gasteiger partial charge in [0.15, 0.2) is 0 Å². The predicted molar refractivity (Wildman–Crippen MR) is 117 cm³/mol. The summed E-state index contributed by atoms with van der Waals surface area (Å²) in [5.74, 6) is -3.67. The third-order valence-corrected chi connectivity index (χ3v) is 5.52. The molecule has 1 aliphatic heterocycles. The number of carbonyl (C=O) groups is 3. The molecule has 12 heteroatoms. The van der Waals surface area contributed by atoms with Gasteiger partial charge in [-0.15, -0.1) is 0 Å². The van der Waals surface area contributed by atoms with Crippen LogP contribution in [0.3, 0.4) is 0 Å². The molecule has 2 aliphatic rings. The van der Waals surface area contributed by atoms with Crippen molar-refractivity contribution in [1.82, 2.24) is 15.5 Å². The Morgan fingerprint density at radius 3 is 2.51 bits per heavy atom. The van der Waals surface area contributed by atoms with Crippen LogP contribution in [0.4, 0.5) is 13.2 Å². The van der Waals surface area contributed by atoms with Gasteiger partial charge < -0.3 is 20.3 Å². The molecule has 0 aromatic heterocycles. The molecule has 0 bridgehead atoms. The monoisotopic (exact) mass is 489 g/mol. The minimum absolute atomic E-state index is 0.0880. The van der Waals surface area contributed by atoms with Crippen LogP contribution in [-0.4, -0.2) is 67.0 Å². The van der Waals surface area contributed by atoms with E-state index in [0.29, 0.717) is 18.7 Å². The van der Waals surface area contributed by atoms with E-state index in [1.165, 1.54) is 17.5 Å². The standard InChI is InChI=1S/C23H22F3N5O4/c24-23(25,26)22(34)30-19(28)14-5-7-15(8-6-14)20(32)29-12-17-13-35-10-9-31(17)21(33)18-4-2-1-3-16(18)11-27/h1-5,7,17H,6,8-10,12-13H2,(H,29,32)(H2,28,30,34)/t17-/m1/s1. The number of rotatable bonds is 5. The van der Waals surface area contributed by atoms with Gasteiger partial charge in [0, 0.05) is 18.7 Å². The Bertz CT molecular complexity index is 1140. The van der Waals surface area contributed by atoms with Gasteiger partial charge in [0.25, 0.3) is 5.91 Å². The molecule has 1 fully saturated rings. The Balaban J connectivity index is 1.61. The number of carbonyl (C=O) groups excluding carboxylic acids is 3. The van der Waals surface area contributed by atoms with Crippen LogP contribution in [0.1, 0.15) is 28.8 Å². The molecule has 3 N–H and O–H groups in total. The quantitative estimate of drug-likeness (QED) is 0.428. The molecule has 0 radical (unpaired) electrons. The summed E-state index contributed by atoms with van der Waals surface area (Å²) in [5, 5.41) is 21.2. The predicted octanol–water partition coefficient (Wildman–Crippen LogP) is 1.82. The van der Waals surface area contributed by atoms with E-state index in [2.05, 4.69) is 5.32 Å². The highest BCUT2D eigenvalue weighted by molar-refractivity contribution is 6.08. The van der Waals surface area contributed by atoms with Crippen molar-refractivity contribution in [3.63, 3.8) is 0 Å². The van der Waals surface area contributed by atoms with E-state index in [9.17, 15) is 32.8 Å². The highest BCUT2D eigenvalue weighted by Gasteiger charge is 2.39. The average Bonchev–Trinajstić information content (AvgIpc) is 2.86. The zero-order valence-corrected chi connectivity index (χ0v) is 18.4. The largest absolute Gasteiger partial charge is 0.471 e. The van der Waals surface area contributed by atoms with E-state index < -0.39 is 29.9 Å². The van der Waals surface area contributed by atoms with Crippen molar-refractivity contribution < 1.29 is 32.3 Å². The number of alkyl halides is 3. The Hall–Kier alpha value is -3.98. The lowest BCUT2D eigenvalue weighted by Gasteiger charge is -2.36. The van der Waals surface area contributed by atoms with Crippen molar-refractivity contribution in [1.29, 1.82) is 10.7 Å². The van der Waals surface area contributed by atoms with E-state index in [4.69, 9.17) is 10.1 Å². The van der Waals surface area contributed by atoms with Gasteiger partial charge in [-0.1, -0.05) is 24.3 Å². The van der Waals surface area contributed by atoms with Gasteiger partial charge in [-0.05, 0) is 30.5 Å². The highest BCUT2D eigenvalue weighted by atomic mass is 19.4. The number of hydrogen-bond donors (Lipinski definition) is 3. The summed E-state index contributed by atoms with van der Waals surface area (Å²) in [5.41, 5.74) is 1.01. The van der Waals surface area contributed by atoms with E-state index >= 15 is 0 Å². The van der Waals surface area contributed by atoms with Gasteiger partial charge >= 0.3 is 12.1 Å². The molecule has 3 rings (SSSR count). The second-order valence-corrected chi connectivity index (χ2v) is 7.81. The van der Waals surface area contributed by atoms with Crippen molar-refractivity contribution in [2.24, 2.45) is 0 Å². The summed E-state index contributed by atoms with van der Waals surface area (Å²) in [7, 11) is 0. The van der Waals surface area contributed by atoms with Gasteiger partial charge in [-0.2, -0.15) is 18.4 Å². The molecule has 1 aromatic rings. The first-order chi connectivity index (χ1) is 16.6. The van der Waals surface area contributed by atoms with Crippen molar-refractivity contribution in [3.8, 4) is 6.07 Å². The van der Waals surface area contributed by atoms with Crippen molar-refractivity contribution in [2.45, 2.75) is 25.1 Å². The fourth-order valence-corrected chi connectivity index (χ4v) is 3.64. The first-order valence-electron chi connectivity index (χ1n) is 10.6. The number of amidine groups is 1.